The number of hydrogen-bond acceptors (Lipinski definition) is 14. The van der Waals surface area contributed by atoms with Crippen molar-refractivity contribution in [3.05, 3.63) is 0 Å². The van der Waals surface area contributed by atoms with Crippen molar-refractivity contribution in [1.82, 2.24) is 0 Å². The van der Waals surface area contributed by atoms with E-state index in [1.165, 1.54) is 0 Å². The molecule has 1 aliphatic carbocycles. The lowest BCUT2D eigenvalue weighted by atomic mass is 9.84. The average Bonchev–Trinajstić information content (AvgIpc) is 2.75. The summed E-state index contributed by atoms with van der Waals surface area (Å²) in [6.07, 6.45) is -10.8. The zero-order chi connectivity index (χ0) is 23.7. The van der Waals surface area contributed by atoms with Crippen LogP contribution in [0.2, 0.25) is 0 Å². The minimum atomic E-state index is -1.44. The molecule has 16 heteroatoms. The van der Waals surface area contributed by atoms with E-state index in [9.17, 15) is 25.5 Å². The normalized spacial score (nSPS) is 49.6. The summed E-state index contributed by atoms with van der Waals surface area (Å²) in [5.41, 5.74) is 29.8. The molecule has 0 aromatic carbocycles. The monoisotopic (exact) mass is 503 g/mol. The smallest absolute Gasteiger partial charge is 0.186 e. The predicted octanol–water partition coefficient (Wildman–Crippen LogP) is -7.95. The van der Waals surface area contributed by atoms with Gasteiger partial charge in [0.05, 0.1) is 30.9 Å². The molecule has 0 aromatic heterocycles. The number of nitrogens with two attached hydrogens (primary N) is 5. The zero-order valence-electron chi connectivity index (χ0n) is 18.7. The van der Waals surface area contributed by atoms with E-state index in [4.69, 9.17) is 47.6 Å². The molecule has 2 aliphatic heterocycles. The Hall–Kier alpha value is -0.640. The Labute approximate surface area is 196 Å². The quantitative estimate of drug-likeness (QED) is 0.161. The van der Waals surface area contributed by atoms with Crippen LogP contribution in [-0.4, -0.2) is 135 Å². The van der Waals surface area contributed by atoms with E-state index in [2.05, 4.69) is 0 Å². The largest absolute Gasteiger partial charge is 0.412 e. The first-order valence-electron chi connectivity index (χ1n) is 10.8. The molecule has 0 amide bonds. The molecule has 14 atom stereocenters. The van der Waals surface area contributed by atoms with Crippen molar-refractivity contribution >= 4 is 0 Å². The Balaban J connectivity index is 0.00000289. The maximum absolute atomic E-state index is 11.0. The van der Waals surface area contributed by atoms with E-state index in [0.29, 0.717) is 0 Å². The minimum absolute atomic E-state index is 0. The Kier molecular flexibility index (Phi) is 12.1. The van der Waals surface area contributed by atoms with Crippen molar-refractivity contribution in [3.63, 3.8) is 0 Å². The first-order valence-corrected chi connectivity index (χ1v) is 10.8. The number of rotatable bonds is 6. The summed E-state index contributed by atoms with van der Waals surface area (Å²) in [5, 5.41) is 50.7. The lowest BCUT2D eigenvalue weighted by molar-refractivity contribution is -0.314. The predicted molar refractivity (Wildman–Crippen MR) is 116 cm³/mol. The maximum atomic E-state index is 11.0. The molecular weight excluding hydrogens is 462 g/mol. The number of hydrogen-bond donors (Lipinski definition) is 10. The Morgan fingerprint density at radius 2 is 1.24 bits per heavy atom. The van der Waals surface area contributed by atoms with Crippen LogP contribution in [0.15, 0.2) is 0 Å². The van der Waals surface area contributed by atoms with Crippen LogP contribution in [0.1, 0.15) is 12.8 Å². The van der Waals surface area contributed by atoms with E-state index in [-0.39, 0.29) is 30.3 Å². The summed E-state index contributed by atoms with van der Waals surface area (Å²) in [4.78, 5) is 0. The van der Waals surface area contributed by atoms with Crippen molar-refractivity contribution in [2.24, 2.45) is 28.7 Å². The van der Waals surface area contributed by atoms with Crippen LogP contribution in [0, 0.1) is 0 Å². The second-order valence-electron chi connectivity index (χ2n) is 8.78. The van der Waals surface area contributed by atoms with Crippen molar-refractivity contribution < 1.29 is 55.4 Å². The van der Waals surface area contributed by atoms with Gasteiger partial charge in [-0.15, -0.1) is 0 Å². The molecule has 3 aliphatic rings. The lowest BCUT2D eigenvalue weighted by Gasteiger charge is -2.47. The van der Waals surface area contributed by atoms with Gasteiger partial charge in [-0.05, 0) is 12.8 Å². The van der Waals surface area contributed by atoms with Crippen LogP contribution in [0.4, 0.5) is 0 Å². The zero-order valence-corrected chi connectivity index (χ0v) is 18.7. The molecular formula is C18H41N5O11. The summed E-state index contributed by atoms with van der Waals surface area (Å²) < 4.78 is 22.7. The third kappa shape index (κ3) is 6.37. The van der Waals surface area contributed by atoms with Gasteiger partial charge in [0.1, 0.15) is 36.6 Å². The molecule has 14 unspecified atom stereocenters. The summed E-state index contributed by atoms with van der Waals surface area (Å²) in [6.45, 7) is -0.499. The van der Waals surface area contributed by atoms with Crippen molar-refractivity contribution in [2.75, 3.05) is 13.2 Å². The summed E-state index contributed by atoms with van der Waals surface area (Å²) in [7, 11) is 0. The first kappa shape index (κ1) is 31.4. The fourth-order valence-electron chi connectivity index (χ4n) is 4.43. The van der Waals surface area contributed by atoms with Gasteiger partial charge in [-0.25, -0.2) is 0 Å². The molecule has 204 valence electrons. The molecule has 2 saturated heterocycles. The van der Waals surface area contributed by atoms with E-state index in [0.717, 1.165) is 0 Å². The van der Waals surface area contributed by atoms with Gasteiger partial charge in [0.2, 0.25) is 0 Å². The van der Waals surface area contributed by atoms with Gasteiger partial charge >= 0.3 is 0 Å². The number of aliphatic hydroxyl groups excluding tert-OH is 5. The average molecular weight is 504 g/mol. The van der Waals surface area contributed by atoms with Crippen molar-refractivity contribution in [1.29, 1.82) is 0 Å². The molecule has 3 rings (SSSR count). The summed E-state index contributed by atoms with van der Waals surface area (Å²) >= 11 is 0. The Morgan fingerprint density at radius 1 is 0.706 bits per heavy atom. The van der Waals surface area contributed by atoms with E-state index < -0.39 is 92.2 Å². The highest BCUT2D eigenvalue weighted by atomic mass is 16.7. The van der Waals surface area contributed by atoms with Crippen LogP contribution in [-0.2, 0) is 18.9 Å². The van der Waals surface area contributed by atoms with Crippen molar-refractivity contribution in [2.45, 2.75) is 98.4 Å². The minimum Gasteiger partial charge on any atom is -0.412 e. The molecule has 0 spiro atoms. The number of ether oxygens (including phenoxy) is 4. The van der Waals surface area contributed by atoms with E-state index in [1.807, 2.05) is 0 Å². The highest BCUT2D eigenvalue weighted by Gasteiger charge is 2.50. The van der Waals surface area contributed by atoms with Crippen LogP contribution in [0.3, 0.4) is 0 Å². The van der Waals surface area contributed by atoms with Gasteiger partial charge in [-0.1, -0.05) is 0 Å². The molecule has 34 heavy (non-hydrogen) atoms. The van der Waals surface area contributed by atoms with Gasteiger partial charge in [-0.3, -0.25) is 0 Å². The molecule has 19 N–H and O–H groups in total. The SMILES string of the molecule is NCC1OC(OC2C(N)CC(N)C(OC3OC(CO)C(O)C(N)C3O)C2O)C(N)CC1O.O.O. The Bertz CT molecular complexity index is 611. The molecule has 0 radical (unpaired) electrons. The molecule has 2 heterocycles. The second kappa shape index (κ2) is 13.1. The first-order chi connectivity index (χ1) is 15.1. The third-order valence-corrected chi connectivity index (χ3v) is 6.41. The third-order valence-electron chi connectivity index (χ3n) is 6.41. The molecule has 1 saturated carbocycles. The fourth-order valence-corrected chi connectivity index (χ4v) is 4.43. The lowest BCUT2D eigenvalue weighted by Crippen LogP contribution is -2.68. The van der Waals surface area contributed by atoms with E-state index in [1.54, 1.807) is 0 Å². The highest BCUT2D eigenvalue weighted by Crippen LogP contribution is 2.30. The van der Waals surface area contributed by atoms with E-state index >= 15 is 0 Å². The van der Waals surface area contributed by atoms with Gasteiger partial charge < -0.3 is 84.1 Å². The Morgan fingerprint density at radius 3 is 1.76 bits per heavy atom. The molecule has 3 fully saturated rings. The van der Waals surface area contributed by atoms with Crippen LogP contribution in [0.5, 0.6) is 0 Å². The summed E-state index contributed by atoms with van der Waals surface area (Å²) in [6, 6.07) is -3.27. The van der Waals surface area contributed by atoms with Crippen LogP contribution >= 0.6 is 0 Å². The van der Waals surface area contributed by atoms with Gasteiger partial charge in [-0.2, -0.15) is 0 Å². The van der Waals surface area contributed by atoms with Gasteiger partial charge in [0, 0.05) is 18.6 Å². The fraction of sp³-hybridized carbons (Fsp3) is 1.00. The van der Waals surface area contributed by atoms with Gasteiger partial charge in [0.25, 0.3) is 0 Å². The molecule has 0 aromatic rings. The van der Waals surface area contributed by atoms with Crippen molar-refractivity contribution in [3.8, 4) is 0 Å². The van der Waals surface area contributed by atoms with Crippen LogP contribution < -0.4 is 28.7 Å². The second-order valence-corrected chi connectivity index (χ2v) is 8.78. The van der Waals surface area contributed by atoms with Gasteiger partial charge in [0.15, 0.2) is 12.6 Å². The van der Waals surface area contributed by atoms with Crippen LogP contribution in [0.25, 0.3) is 0 Å². The highest BCUT2D eigenvalue weighted by molar-refractivity contribution is 5.01. The molecule has 16 nitrogen and oxygen atoms in total. The molecule has 0 bridgehead atoms. The standard InChI is InChI=1S/C18H37N5O9.2H2O/c19-3-9-8(25)2-7(22)17(29-9)31-15-5(20)1-6(21)16(14(15)28)32-18-13(27)11(23)12(26)10(4-24)30-18;;/h5-18,24-28H,1-4,19-23H2;2*1H2. The maximum Gasteiger partial charge on any atom is 0.186 e. The number of aliphatic hydroxyl groups is 5. The summed E-state index contributed by atoms with van der Waals surface area (Å²) in [5.74, 6) is 0. The topological polar surface area (TPSA) is 331 Å².